The molecule has 0 saturated carbocycles. The summed E-state index contributed by atoms with van der Waals surface area (Å²) in [5.41, 5.74) is 1.28. The Morgan fingerprint density at radius 1 is 1.33 bits per heavy atom. The lowest BCUT2D eigenvalue weighted by atomic mass is 10.1. The van der Waals surface area contributed by atoms with Gasteiger partial charge in [-0.25, -0.2) is 9.18 Å². The molecule has 4 nitrogen and oxygen atoms in total. The minimum atomic E-state index is -0.553. The molecular weight excluding hydrogens is 271 g/mol. The molecule has 0 aliphatic carbocycles. The van der Waals surface area contributed by atoms with Crippen LogP contribution in [0.3, 0.4) is 0 Å². The SMILES string of the molecule is Cc1ccc(C(C)NC(=O)NCC(O)CC(C)C)cc1F. The predicted molar refractivity (Wildman–Crippen MR) is 81.5 cm³/mol. The van der Waals surface area contributed by atoms with Gasteiger partial charge in [-0.3, -0.25) is 0 Å². The number of urea groups is 1. The van der Waals surface area contributed by atoms with E-state index < -0.39 is 6.10 Å². The van der Waals surface area contributed by atoms with Gasteiger partial charge in [0.2, 0.25) is 0 Å². The highest BCUT2D eigenvalue weighted by Gasteiger charge is 2.13. The van der Waals surface area contributed by atoms with Crippen molar-refractivity contribution in [2.45, 2.75) is 46.3 Å². The highest BCUT2D eigenvalue weighted by molar-refractivity contribution is 5.74. The molecule has 0 heterocycles. The summed E-state index contributed by atoms with van der Waals surface area (Å²) in [6.07, 6.45) is 0.0850. The molecule has 0 spiro atoms. The smallest absolute Gasteiger partial charge is 0.315 e. The minimum absolute atomic E-state index is 0.207. The summed E-state index contributed by atoms with van der Waals surface area (Å²) in [5, 5.41) is 15.0. The minimum Gasteiger partial charge on any atom is -0.391 e. The maximum Gasteiger partial charge on any atom is 0.315 e. The van der Waals surface area contributed by atoms with Crippen LogP contribution in [0.15, 0.2) is 18.2 Å². The van der Waals surface area contributed by atoms with Crippen molar-refractivity contribution >= 4 is 6.03 Å². The number of aliphatic hydroxyl groups excluding tert-OH is 1. The average molecular weight is 296 g/mol. The summed E-state index contributed by atoms with van der Waals surface area (Å²) in [7, 11) is 0. The van der Waals surface area contributed by atoms with Crippen LogP contribution in [-0.4, -0.2) is 23.8 Å². The third-order valence-corrected chi connectivity index (χ3v) is 3.29. The van der Waals surface area contributed by atoms with Crippen LogP contribution >= 0.6 is 0 Å². The van der Waals surface area contributed by atoms with Crippen LogP contribution in [0.5, 0.6) is 0 Å². The Labute approximate surface area is 125 Å². The maximum atomic E-state index is 13.5. The molecule has 5 heteroatoms. The third kappa shape index (κ3) is 6.12. The molecule has 3 N–H and O–H groups in total. The van der Waals surface area contributed by atoms with Gasteiger partial charge in [0.05, 0.1) is 12.1 Å². The molecule has 0 fully saturated rings. The number of hydrogen-bond donors (Lipinski definition) is 3. The van der Waals surface area contributed by atoms with Gasteiger partial charge < -0.3 is 15.7 Å². The van der Waals surface area contributed by atoms with Gasteiger partial charge >= 0.3 is 6.03 Å². The Kier molecular flexibility index (Phi) is 6.62. The molecule has 1 aromatic rings. The van der Waals surface area contributed by atoms with Crippen molar-refractivity contribution in [1.29, 1.82) is 0 Å². The van der Waals surface area contributed by atoms with E-state index in [9.17, 15) is 14.3 Å². The second-order valence-corrected chi connectivity index (χ2v) is 5.87. The first kappa shape index (κ1) is 17.4. The van der Waals surface area contributed by atoms with Crippen molar-refractivity contribution in [2.75, 3.05) is 6.54 Å². The number of benzene rings is 1. The Morgan fingerprint density at radius 3 is 2.57 bits per heavy atom. The van der Waals surface area contributed by atoms with Crippen molar-refractivity contribution in [2.24, 2.45) is 5.92 Å². The van der Waals surface area contributed by atoms with Crippen molar-refractivity contribution in [3.05, 3.63) is 35.1 Å². The van der Waals surface area contributed by atoms with Gasteiger partial charge in [-0.2, -0.15) is 0 Å². The van der Waals surface area contributed by atoms with Gasteiger partial charge in [0.25, 0.3) is 0 Å². The molecule has 118 valence electrons. The molecule has 0 radical (unpaired) electrons. The fourth-order valence-electron chi connectivity index (χ4n) is 2.05. The molecule has 0 aliphatic heterocycles. The molecule has 1 rings (SSSR count). The summed E-state index contributed by atoms with van der Waals surface area (Å²) in [6.45, 7) is 7.71. The first-order valence-electron chi connectivity index (χ1n) is 7.28. The highest BCUT2D eigenvalue weighted by atomic mass is 19.1. The number of hydrogen-bond acceptors (Lipinski definition) is 2. The van der Waals surface area contributed by atoms with Crippen LogP contribution < -0.4 is 10.6 Å². The summed E-state index contributed by atoms with van der Waals surface area (Å²) in [4.78, 5) is 11.7. The van der Waals surface area contributed by atoms with Crippen molar-refractivity contribution in [3.63, 3.8) is 0 Å². The highest BCUT2D eigenvalue weighted by Crippen LogP contribution is 2.16. The van der Waals surface area contributed by atoms with Gasteiger partial charge in [-0.15, -0.1) is 0 Å². The van der Waals surface area contributed by atoms with Crippen LogP contribution in [0.1, 0.15) is 44.4 Å². The van der Waals surface area contributed by atoms with Gasteiger partial charge in [0.15, 0.2) is 0 Å². The topological polar surface area (TPSA) is 61.4 Å². The van der Waals surface area contributed by atoms with E-state index in [1.54, 1.807) is 26.0 Å². The number of halogens is 1. The normalized spacial score (nSPS) is 13.9. The summed E-state index contributed by atoms with van der Waals surface area (Å²) in [6, 6.07) is 4.23. The van der Waals surface area contributed by atoms with Crippen LogP contribution in [0.25, 0.3) is 0 Å². The van der Waals surface area contributed by atoms with Crippen LogP contribution in [0.4, 0.5) is 9.18 Å². The number of aliphatic hydroxyl groups is 1. The van der Waals surface area contributed by atoms with Gasteiger partial charge in [0.1, 0.15) is 5.82 Å². The van der Waals surface area contributed by atoms with E-state index in [-0.39, 0.29) is 24.4 Å². The number of nitrogens with one attached hydrogen (secondary N) is 2. The molecule has 0 aromatic heterocycles. The van der Waals surface area contributed by atoms with Gasteiger partial charge in [0, 0.05) is 6.54 Å². The molecule has 2 atom stereocenters. The van der Waals surface area contributed by atoms with E-state index in [0.29, 0.717) is 23.5 Å². The number of rotatable bonds is 6. The first-order chi connectivity index (χ1) is 9.79. The zero-order valence-corrected chi connectivity index (χ0v) is 13.1. The Balaban J connectivity index is 2.45. The zero-order chi connectivity index (χ0) is 16.0. The number of aryl methyl sites for hydroxylation is 1. The summed E-state index contributed by atoms with van der Waals surface area (Å²) >= 11 is 0. The second-order valence-electron chi connectivity index (χ2n) is 5.87. The van der Waals surface area contributed by atoms with Crippen LogP contribution in [-0.2, 0) is 0 Å². The van der Waals surface area contributed by atoms with Gasteiger partial charge in [-0.05, 0) is 43.4 Å². The third-order valence-electron chi connectivity index (χ3n) is 3.29. The summed E-state index contributed by atoms with van der Waals surface area (Å²) in [5.74, 6) is 0.0910. The molecule has 2 unspecified atom stereocenters. The zero-order valence-electron chi connectivity index (χ0n) is 13.1. The van der Waals surface area contributed by atoms with Crippen molar-refractivity contribution < 1.29 is 14.3 Å². The lowest BCUT2D eigenvalue weighted by Gasteiger charge is -2.18. The maximum absolute atomic E-state index is 13.5. The van der Waals surface area contributed by atoms with Crippen LogP contribution in [0, 0.1) is 18.7 Å². The Morgan fingerprint density at radius 2 is 2.00 bits per heavy atom. The van der Waals surface area contributed by atoms with E-state index >= 15 is 0 Å². The number of carbonyl (C=O) groups is 1. The van der Waals surface area contributed by atoms with E-state index in [1.165, 1.54) is 6.07 Å². The molecule has 0 aliphatic rings. The molecule has 0 bridgehead atoms. The largest absolute Gasteiger partial charge is 0.391 e. The number of amides is 2. The van der Waals surface area contributed by atoms with Crippen molar-refractivity contribution in [1.82, 2.24) is 10.6 Å². The lowest BCUT2D eigenvalue weighted by Crippen LogP contribution is -2.41. The number of carbonyl (C=O) groups excluding carboxylic acids is 1. The quantitative estimate of drug-likeness (QED) is 0.756. The standard InChI is InChI=1S/C16H25FN2O2/c1-10(2)7-14(20)9-18-16(21)19-12(4)13-6-5-11(3)15(17)8-13/h5-6,8,10,12,14,20H,7,9H2,1-4H3,(H2,18,19,21). The predicted octanol–water partition coefficient (Wildman–Crippen LogP) is 2.90. The molecular formula is C16H25FN2O2. The van der Waals surface area contributed by atoms with E-state index in [4.69, 9.17) is 0 Å². The summed E-state index contributed by atoms with van der Waals surface area (Å²) < 4.78 is 13.5. The Hall–Kier alpha value is -1.62. The molecule has 2 amide bonds. The monoisotopic (exact) mass is 296 g/mol. The lowest BCUT2D eigenvalue weighted by molar-refractivity contribution is 0.146. The van der Waals surface area contributed by atoms with E-state index in [1.807, 2.05) is 13.8 Å². The Bertz CT molecular complexity index is 477. The first-order valence-corrected chi connectivity index (χ1v) is 7.28. The van der Waals surface area contributed by atoms with Gasteiger partial charge in [-0.1, -0.05) is 26.0 Å². The molecule has 21 heavy (non-hydrogen) atoms. The fourth-order valence-corrected chi connectivity index (χ4v) is 2.05. The molecule has 0 saturated heterocycles. The van der Waals surface area contributed by atoms with E-state index in [2.05, 4.69) is 10.6 Å². The fraction of sp³-hybridized carbons (Fsp3) is 0.562. The average Bonchev–Trinajstić information content (AvgIpc) is 2.38. The van der Waals surface area contributed by atoms with E-state index in [0.717, 1.165) is 0 Å². The molecule has 1 aromatic carbocycles. The van der Waals surface area contributed by atoms with Crippen LogP contribution in [0.2, 0.25) is 0 Å². The second kappa shape index (κ2) is 7.98. The van der Waals surface area contributed by atoms with Crippen molar-refractivity contribution in [3.8, 4) is 0 Å².